The monoisotopic (exact) mass is 514 g/mol. The highest BCUT2D eigenvalue weighted by Crippen LogP contribution is 2.21. The van der Waals surface area contributed by atoms with Gasteiger partial charge in [-0.1, -0.05) is 13.0 Å². The zero-order valence-electron chi connectivity index (χ0n) is 17.2. The number of hydrogen-bond donors (Lipinski definition) is 1. The number of rotatable bonds is 5. The second-order valence-electron chi connectivity index (χ2n) is 7.31. The summed E-state index contributed by atoms with van der Waals surface area (Å²) in [6.07, 6.45) is 4.48. The van der Waals surface area contributed by atoms with Gasteiger partial charge in [-0.15, -0.1) is 35.3 Å². The van der Waals surface area contributed by atoms with Crippen molar-refractivity contribution in [2.75, 3.05) is 32.1 Å². The number of halogens is 1. The topological polar surface area (TPSA) is 56.7 Å². The highest BCUT2D eigenvalue weighted by Gasteiger charge is 2.16. The number of anilines is 1. The summed E-state index contributed by atoms with van der Waals surface area (Å²) >= 11 is 1.68. The largest absolute Gasteiger partial charge is 0.357 e. The molecule has 8 heteroatoms. The minimum atomic E-state index is 0. The minimum absolute atomic E-state index is 0. The van der Waals surface area contributed by atoms with Crippen molar-refractivity contribution in [1.82, 2.24) is 20.2 Å². The molecule has 1 N–H and O–H groups in total. The number of nitrogens with one attached hydrogen (secondary N) is 1. The number of aromatic nitrogens is 2. The summed E-state index contributed by atoms with van der Waals surface area (Å²) in [5.74, 6) is 2.78. The summed E-state index contributed by atoms with van der Waals surface area (Å²) in [6.45, 7) is 8.03. The zero-order valence-corrected chi connectivity index (χ0v) is 20.3. The molecule has 0 aromatic carbocycles. The zero-order chi connectivity index (χ0) is 19.2. The third-order valence-electron chi connectivity index (χ3n) is 5.01. The van der Waals surface area contributed by atoms with Gasteiger partial charge >= 0.3 is 0 Å². The van der Waals surface area contributed by atoms with E-state index in [1.54, 1.807) is 11.3 Å². The molecule has 2 aromatic heterocycles. The van der Waals surface area contributed by atoms with Crippen LogP contribution in [0.15, 0.2) is 28.7 Å². The number of aliphatic imine (C=N–C) groups is 1. The van der Waals surface area contributed by atoms with Crippen molar-refractivity contribution in [1.29, 1.82) is 0 Å². The summed E-state index contributed by atoms with van der Waals surface area (Å²) in [6, 6.07) is 4.29. The number of thiazole rings is 1. The lowest BCUT2D eigenvalue weighted by molar-refractivity contribution is 0.436. The predicted molar refractivity (Wildman–Crippen MR) is 129 cm³/mol. The number of pyridine rings is 1. The van der Waals surface area contributed by atoms with E-state index in [0.29, 0.717) is 6.54 Å². The third-order valence-corrected chi connectivity index (χ3v) is 5.83. The van der Waals surface area contributed by atoms with Gasteiger partial charge in [0.25, 0.3) is 0 Å². The van der Waals surface area contributed by atoms with E-state index in [-0.39, 0.29) is 24.0 Å². The first-order valence-electron chi connectivity index (χ1n) is 9.58. The summed E-state index contributed by atoms with van der Waals surface area (Å²) < 4.78 is 0. The molecule has 1 saturated heterocycles. The molecule has 1 fully saturated rings. The van der Waals surface area contributed by atoms with Crippen LogP contribution in [0.5, 0.6) is 0 Å². The van der Waals surface area contributed by atoms with Crippen LogP contribution >= 0.6 is 35.3 Å². The Labute approximate surface area is 189 Å². The van der Waals surface area contributed by atoms with Gasteiger partial charge < -0.3 is 15.1 Å². The maximum atomic E-state index is 4.67. The Morgan fingerprint density at radius 1 is 1.36 bits per heavy atom. The Hall–Kier alpha value is -1.42. The molecule has 0 aliphatic carbocycles. The predicted octanol–water partition coefficient (Wildman–Crippen LogP) is 3.91. The van der Waals surface area contributed by atoms with E-state index in [1.807, 2.05) is 27.2 Å². The fourth-order valence-corrected chi connectivity index (χ4v) is 3.91. The smallest absolute Gasteiger partial charge is 0.194 e. The summed E-state index contributed by atoms with van der Waals surface area (Å²) in [5, 5.41) is 6.61. The summed E-state index contributed by atoms with van der Waals surface area (Å²) in [4.78, 5) is 18.1. The van der Waals surface area contributed by atoms with E-state index in [2.05, 4.69) is 54.5 Å². The molecule has 28 heavy (non-hydrogen) atoms. The van der Waals surface area contributed by atoms with Crippen molar-refractivity contribution in [2.45, 2.75) is 39.8 Å². The van der Waals surface area contributed by atoms with Crippen LogP contribution in [0.3, 0.4) is 0 Å². The van der Waals surface area contributed by atoms with Crippen molar-refractivity contribution in [3.63, 3.8) is 0 Å². The second kappa shape index (κ2) is 10.9. The Balaban J connectivity index is 0.00000280. The Bertz CT molecular complexity index is 752. The lowest BCUT2D eigenvalue weighted by Crippen LogP contribution is -2.38. The molecule has 154 valence electrons. The molecule has 0 spiro atoms. The number of guanidine groups is 1. The molecular formula is C20H31IN6S. The quantitative estimate of drug-likeness (QED) is 0.373. The van der Waals surface area contributed by atoms with Crippen molar-refractivity contribution in [2.24, 2.45) is 10.9 Å². The van der Waals surface area contributed by atoms with E-state index in [0.717, 1.165) is 53.6 Å². The van der Waals surface area contributed by atoms with Gasteiger partial charge in [0.05, 0.1) is 17.2 Å². The fourth-order valence-electron chi connectivity index (χ4n) is 3.31. The van der Waals surface area contributed by atoms with E-state index in [4.69, 9.17) is 0 Å². The van der Waals surface area contributed by atoms with Crippen LogP contribution < -0.4 is 10.2 Å². The summed E-state index contributed by atoms with van der Waals surface area (Å²) in [5.41, 5.74) is 2.23. The molecule has 0 atom stereocenters. The first-order valence-corrected chi connectivity index (χ1v) is 10.5. The van der Waals surface area contributed by atoms with Gasteiger partial charge in [-0.05, 0) is 37.3 Å². The lowest BCUT2D eigenvalue weighted by atomic mass is 9.99. The fraction of sp³-hybridized carbons (Fsp3) is 0.550. The van der Waals surface area contributed by atoms with Crippen molar-refractivity contribution in [3.05, 3.63) is 40.0 Å². The van der Waals surface area contributed by atoms with Gasteiger partial charge in [0.15, 0.2) is 5.96 Å². The van der Waals surface area contributed by atoms with Crippen LogP contribution in [0.2, 0.25) is 0 Å². The molecule has 0 bridgehead atoms. The van der Waals surface area contributed by atoms with Crippen molar-refractivity contribution < 1.29 is 0 Å². The van der Waals surface area contributed by atoms with Crippen LogP contribution in [0, 0.1) is 12.8 Å². The van der Waals surface area contributed by atoms with Crippen LogP contribution in [-0.4, -0.2) is 48.0 Å². The van der Waals surface area contributed by atoms with Gasteiger partial charge in [-0.25, -0.2) is 9.97 Å². The van der Waals surface area contributed by atoms with Crippen LogP contribution in [0.25, 0.3) is 0 Å². The number of nitrogens with zero attached hydrogens (tertiary/aromatic N) is 5. The first-order chi connectivity index (χ1) is 13.0. The molecule has 0 radical (unpaired) electrons. The molecule has 2 aromatic rings. The Morgan fingerprint density at radius 2 is 2.11 bits per heavy atom. The lowest BCUT2D eigenvalue weighted by Gasteiger charge is -2.31. The van der Waals surface area contributed by atoms with Crippen molar-refractivity contribution in [3.8, 4) is 0 Å². The Morgan fingerprint density at radius 3 is 2.68 bits per heavy atom. The molecule has 6 nitrogen and oxygen atoms in total. The maximum absolute atomic E-state index is 4.67. The van der Waals surface area contributed by atoms with E-state index < -0.39 is 0 Å². The van der Waals surface area contributed by atoms with Crippen molar-refractivity contribution >= 4 is 47.1 Å². The van der Waals surface area contributed by atoms with Crippen LogP contribution in [0.4, 0.5) is 5.82 Å². The molecule has 1 aliphatic heterocycles. The molecule has 1 aliphatic rings. The van der Waals surface area contributed by atoms with E-state index in [1.165, 1.54) is 12.8 Å². The third kappa shape index (κ3) is 6.30. The van der Waals surface area contributed by atoms with Gasteiger partial charge in [0, 0.05) is 45.3 Å². The number of aryl methyl sites for hydroxylation is 1. The van der Waals surface area contributed by atoms with E-state index in [9.17, 15) is 0 Å². The molecule has 0 unspecified atom stereocenters. The molecular weight excluding hydrogens is 483 g/mol. The summed E-state index contributed by atoms with van der Waals surface area (Å²) in [7, 11) is 3.84. The van der Waals surface area contributed by atoms with E-state index >= 15 is 0 Å². The first kappa shape index (κ1) is 22.9. The maximum Gasteiger partial charge on any atom is 0.194 e. The Kier molecular flexibility index (Phi) is 8.94. The average Bonchev–Trinajstić information content (AvgIpc) is 3.08. The van der Waals surface area contributed by atoms with Gasteiger partial charge in [-0.2, -0.15) is 0 Å². The standard InChI is InChI=1S/C20H30N6S.HI/c1-15-7-9-26(10-8-15)19-6-5-17(11-22-19)12-23-20(21-3)25(4)13-18-14-27-16(2)24-18;/h5-6,11,14-15H,7-10,12-13H2,1-4H3,(H,21,23);1H. The molecule has 3 rings (SSSR count). The number of hydrogen-bond acceptors (Lipinski definition) is 5. The SMILES string of the molecule is CN=C(NCc1ccc(N2CCC(C)CC2)nc1)N(C)Cc1csc(C)n1.I. The average molecular weight is 514 g/mol. The molecule has 3 heterocycles. The highest BCUT2D eigenvalue weighted by molar-refractivity contribution is 14.0. The normalized spacial score (nSPS) is 15.3. The highest BCUT2D eigenvalue weighted by atomic mass is 127. The van der Waals surface area contributed by atoms with Crippen LogP contribution in [0.1, 0.15) is 36.0 Å². The second-order valence-corrected chi connectivity index (χ2v) is 8.37. The van der Waals surface area contributed by atoms with Gasteiger partial charge in [-0.3, -0.25) is 4.99 Å². The van der Waals surface area contributed by atoms with Crippen LogP contribution in [-0.2, 0) is 13.1 Å². The number of piperidine rings is 1. The molecule has 0 amide bonds. The minimum Gasteiger partial charge on any atom is -0.357 e. The molecule has 0 saturated carbocycles. The van der Waals surface area contributed by atoms with Gasteiger partial charge in [0.2, 0.25) is 0 Å². The van der Waals surface area contributed by atoms with Gasteiger partial charge in [0.1, 0.15) is 5.82 Å².